The molecule has 2 heterocycles. The van der Waals surface area contributed by atoms with Crippen molar-refractivity contribution < 1.29 is 14.3 Å². The molecule has 0 saturated carbocycles. The smallest absolute Gasteiger partial charge is 0.337 e. The summed E-state index contributed by atoms with van der Waals surface area (Å²) in [5.74, 6) is -0.625. The number of nitrogens with zero attached hydrogens (tertiary/aromatic N) is 4. The summed E-state index contributed by atoms with van der Waals surface area (Å²) in [6.45, 7) is 3.13. The number of ether oxygens (including phenoxy) is 1. The zero-order chi connectivity index (χ0) is 21.0. The van der Waals surface area contributed by atoms with Crippen LogP contribution < -0.4 is 10.9 Å². The van der Waals surface area contributed by atoms with E-state index >= 15 is 0 Å². The van der Waals surface area contributed by atoms with Crippen LogP contribution in [0.1, 0.15) is 21.6 Å². The Morgan fingerprint density at radius 3 is 2.48 bits per heavy atom. The molecule has 0 atom stereocenters. The fraction of sp³-hybridized carbons (Fsp3) is 0.200. The van der Waals surface area contributed by atoms with Gasteiger partial charge in [0.25, 0.3) is 5.56 Å². The first kappa shape index (κ1) is 19.9. The molecule has 0 aliphatic heterocycles. The van der Waals surface area contributed by atoms with Gasteiger partial charge in [-0.3, -0.25) is 19.1 Å². The first-order valence-corrected chi connectivity index (χ1v) is 8.73. The van der Waals surface area contributed by atoms with Crippen molar-refractivity contribution in [2.24, 2.45) is 0 Å². The van der Waals surface area contributed by atoms with E-state index in [1.807, 2.05) is 0 Å². The van der Waals surface area contributed by atoms with Crippen molar-refractivity contribution in [3.63, 3.8) is 0 Å². The molecule has 148 valence electrons. The van der Waals surface area contributed by atoms with Gasteiger partial charge in [-0.1, -0.05) is 0 Å². The summed E-state index contributed by atoms with van der Waals surface area (Å²) in [6.07, 6.45) is 4.48. The Kier molecular flexibility index (Phi) is 5.77. The first-order chi connectivity index (χ1) is 13.9. The van der Waals surface area contributed by atoms with Crippen LogP contribution in [0.15, 0.2) is 47.7 Å². The molecule has 0 aliphatic carbocycles. The summed E-state index contributed by atoms with van der Waals surface area (Å²) in [7, 11) is 1.29. The van der Waals surface area contributed by atoms with Crippen LogP contribution >= 0.6 is 0 Å². The molecule has 3 rings (SSSR count). The molecule has 0 bridgehead atoms. The molecule has 0 saturated heterocycles. The lowest BCUT2D eigenvalue weighted by atomic mass is 10.2. The number of benzene rings is 1. The van der Waals surface area contributed by atoms with Gasteiger partial charge in [0.15, 0.2) is 5.82 Å². The van der Waals surface area contributed by atoms with Gasteiger partial charge in [0.1, 0.15) is 12.2 Å². The molecule has 2 aromatic heterocycles. The Morgan fingerprint density at radius 2 is 1.86 bits per heavy atom. The summed E-state index contributed by atoms with van der Waals surface area (Å²) in [5.41, 5.74) is 1.93. The predicted octanol–water partition coefficient (Wildman–Crippen LogP) is 1.74. The van der Waals surface area contributed by atoms with Gasteiger partial charge >= 0.3 is 5.97 Å². The number of rotatable bonds is 5. The van der Waals surface area contributed by atoms with Crippen molar-refractivity contribution in [1.29, 1.82) is 0 Å². The van der Waals surface area contributed by atoms with Crippen LogP contribution in [0.3, 0.4) is 0 Å². The van der Waals surface area contributed by atoms with Crippen LogP contribution in [0.5, 0.6) is 0 Å². The second-order valence-electron chi connectivity index (χ2n) is 6.24. The number of aryl methyl sites for hydroxylation is 1. The highest BCUT2D eigenvalue weighted by atomic mass is 16.5. The third-order valence-electron chi connectivity index (χ3n) is 4.32. The number of carbonyl (C=O) groups is 2. The maximum absolute atomic E-state index is 12.8. The fourth-order valence-electron chi connectivity index (χ4n) is 2.66. The molecule has 9 heteroatoms. The Hall–Kier alpha value is -3.88. The van der Waals surface area contributed by atoms with Crippen LogP contribution in [0, 0.1) is 13.8 Å². The third-order valence-corrected chi connectivity index (χ3v) is 4.32. The summed E-state index contributed by atoms with van der Waals surface area (Å²) in [4.78, 5) is 49.4. The largest absolute Gasteiger partial charge is 0.465 e. The van der Waals surface area contributed by atoms with Crippen molar-refractivity contribution in [2.75, 3.05) is 12.4 Å². The lowest BCUT2D eigenvalue weighted by Gasteiger charge is -2.14. The minimum absolute atomic E-state index is 0.252. The normalized spacial score (nSPS) is 10.4. The van der Waals surface area contributed by atoms with E-state index in [9.17, 15) is 14.4 Å². The SMILES string of the molecule is COC(=O)c1ccc(NC(=O)Cn2c(-c3cnccn3)nc(C)c(C)c2=O)cc1. The van der Waals surface area contributed by atoms with E-state index in [1.165, 1.54) is 42.4 Å². The Balaban J connectivity index is 1.87. The van der Waals surface area contributed by atoms with Crippen LogP contribution in [-0.2, 0) is 16.1 Å². The number of nitrogens with one attached hydrogen (secondary N) is 1. The van der Waals surface area contributed by atoms with E-state index in [-0.39, 0.29) is 17.9 Å². The quantitative estimate of drug-likeness (QED) is 0.656. The van der Waals surface area contributed by atoms with E-state index in [0.29, 0.717) is 28.2 Å². The average molecular weight is 393 g/mol. The van der Waals surface area contributed by atoms with Crippen LogP contribution in [-0.4, -0.2) is 38.5 Å². The molecule has 1 N–H and O–H groups in total. The van der Waals surface area contributed by atoms with Crippen molar-refractivity contribution in [3.05, 3.63) is 70.0 Å². The standard InChI is InChI=1S/C20H19N5O4/c1-12-13(2)23-18(16-10-21-8-9-22-16)25(19(12)27)11-17(26)24-15-6-4-14(5-7-15)20(28)29-3/h4-10H,11H2,1-3H3,(H,24,26). The van der Waals surface area contributed by atoms with Gasteiger partial charge < -0.3 is 10.1 Å². The number of hydrogen-bond acceptors (Lipinski definition) is 7. The summed E-state index contributed by atoms with van der Waals surface area (Å²) in [6, 6.07) is 6.23. The minimum Gasteiger partial charge on any atom is -0.465 e. The Labute approximate surface area is 166 Å². The number of amides is 1. The molecule has 0 aliphatic rings. The van der Waals surface area contributed by atoms with Gasteiger partial charge in [-0.15, -0.1) is 0 Å². The van der Waals surface area contributed by atoms with E-state index < -0.39 is 11.9 Å². The second-order valence-corrected chi connectivity index (χ2v) is 6.24. The molecule has 0 radical (unpaired) electrons. The maximum Gasteiger partial charge on any atom is 0.337 e. The first-order valence-electron chi connectivity index (χ1n) is 8.73. The summed E-state index contributed by atoms with van der Waals surface area (Å²) < 4.78 is 5.91. The Bertz CT molecular complexity index is 1110. The van der Waals surface area contributed by atoms with E-state index in [1.54, 1.807) is 26.0 Å². The summed E-state index contributed by atoms with van der Waals surface area (Å²) >= 11 is 0. The van der Waals surface area contributed by atoms with E-state index in [0.717, 1.165) is 0 Å². The molecule has 0 fully saturated rings. The van der Waals surface area contributed by atoms with E-state index in [2.05, 4.69) is 25.0 Å². The molecule has 3 aromatic rings. The molecule has 0 spiro atoms. The lowest BCUT2D eigenvalue weighted by molar-refractivity contribution is -0.116. The topological polar surface area (TPSA) is 116 Å². The van der Waals surface area contributed by atoms with Gasteiger partial charge in [0.05, 0.1) is 18.9 Å². The van der Waals surface area contributed by atoms with E-state index in [4.69, 9.17) is 0 Å². The molecule has 29 heavy (non-hydrogen) atoms. The number of aromatic nitrogens is 4. The van der Waals surface area contributed by atoms with Crippen molar-refractivity contribution in [3.8, 4) is 11.5 Å². The Morgan fingerprint density at radius 1 is 1.14 bits per heavy atom. The maximum atomic E-state index is 12.8. The van der Waals surface area contributed by atoms with Crippen LogP contribution in [0.2, 0.25) is 0 Å². The van der Waals surface area contributed by atoms with Gasteiger partial charge in [-0.25, -0.2) is 14.8 Å². The number of carbonyl (C=O) groups excluding carboxylic acids is 2. The predicted molar refractivity (Wildman–Crippen MR) is 105 cm³/mol. The highest BCUT2D eigenvalue weighted by Crippen LogP contribution is 2.14. The zero-order valence-corrected chi connectivity index (χ0v) is 16.2. The zero-order valence-electron chi connectivity index (χ0n) is 16.2. The molecule has 9 nitrogen and oxygen atoms in total. The minimum atomic E-state index is -0.468. The van der Waals surface area contributed by atoms with Gasteiger partial charge in [-0.2, -0.15) is 0 Å². The van der Waals surface area contributed by atoms with Gasteiger partial charge in [-0.05, 0) is 38.1 Å². The molecule has 1 amide bonds. The third kappa shape index (κ3) is 4.34. The number of hydrogen-bond donors (Lipinski definition) is 1. The van der Waals surface area contributed by atoms with Crippen molar-refractivity contribution in [1.82, 2.24) is 19.5 Å². The second kappa shape index (κ2) is 8.42. The molecular weight excluding hydrogens is 374 g/mol. The number of anilines is 1. The van der Waals surface area contributed by atoms with Gasteiger partial charge in [0.2, 0.25) is 5.91 Å². The number of esters is 1. The highest BCUT2D eigenvalue weighted by Gasteiger charge is 2.17. The number of methoxy groups -OCH3 is 1. The average Bonchev–Trinajstić information content (AvgIpc) is 2.74. The van der Waals surface area contributed by atoms with Crippen LogP contribution in [0.4, 0.5) is 5.69 Å². The lowest BCUT2D eigenvalue weighted by Crippen LogP contribution is -2.32. The molecule has 0 unspecified atom stereocenters. The van der Waals surface area contributed by atoms with Crippen molar-refractivity contribution in [2.45, 2.75) is 20.4 Å². The highest BCUT2D eigenvalue weighted by molar-refractivity contribution is 5.93. The molecule has 1 aromatic carbocycles. The fourth-order valence-corrected chi connectivity index (χ4v) is 2.66. The monoisotopic (exact) mass is 393 g/mol. The molecular formula is C20H19N5O4. The summed E-state index contributed by atoms with van der Waals surface area (Å²) in [5, 5.41) is 2.70. The van der Waals surface area contributed by atoms with Crippen LogP contribution in [0.25, 0.3) is 11.5 Å². The van der Waals surface area contributed by atoms with Gasteiger partial charge in [0, 0.05) is 29.3 Å². The van der Waals surface area contributed by atoms with Crippen molar-refractivity contribution >= 4 is 17.6 Å².